The lowest BCUT2D eigenvalue weighted by Crippen LogP contribution is -2.44. The molecule has 0 saturated carbocycles. The summed E-state index contributed by atoms with van der Waals surface area (Å²) in [6.07, 6.45) is 2.18. The Hall–Kier alpha value is -2.05. The summed E-state index contributed by atoms with van der Waals surface area (Å²) in [6, 6.07) is 3.02. The summed E-state index contributed by atoms with van der Waals surface area (Å²) in [5.74, 6) is -1.25. The van der Waals surface area contributed by atoms with Crippen LogP contribution in [0.15, 0.2) is 24.3 Å². The van der Waals surface area contributed by atoms with Gasteiger partial charge in [-0.15, -0.1) is 0 Å². The van der Waals surface area contributed by atoms with E-state index in [2.05, 4.69) is 12.2 Å². The summed E-state index contributed by atoms with van der Waals surface area (Å²) < 4.78 is 37.6. The zero-order valence-corrected chi connectivity index (χ0v) is 14.4. The van der Waals surface area contributed by atoms with Crippen molar-refractivity contribution in [3.05, 3.63) is 35.4 Å². The van der Waals surface area contributed by atoms with Crippen LogP contribution in [0.4, 0.5) is 13.2 Å². The minimum atomic E-state index is -4.46. The first-order valence-electron chi connectivity index (χ1n) is 8.53. The molecule has 0 bridgehead atoms. The fourth-order valence-corrected chi connectivity index (χ4v) is 2.47. The first-order chi connectivity index (χ1) is 11.8. The van der Waals surface area contributed by atoms with Gasteiger partial charge in [0.05, 0.1) is 5.56 Å². The molecule has 1 atom stereocenters. The Kier molecular flexibility index (Phi) is 8.45. The summed E-state index contributed by atoms with van der Waals surface area (Å²) in [7, 11) is 0. The lowest BCUT2D eigenvalue weighted by atomic mass is 10.0. The standard InChI is InChI=1S/C18H25F3N2O2/c1-2-3-4-5-6-7-8-15(16(22)24)23-17(25)13-9-11-14(12-10-13)18(19,20)21/h9-12,15H,2-8H2,1H3,(H2,22,24)(H,23,25)/t15-/m0/s1. The van der Waals surface area contributed by atoms with Crippen LogP contribution in [-0.2, 0) is 11.0 Å². The number of carbonyl (C=O) groups excluding carboxylic acids is 2. The van der Waals surface area contributed by atoms with Crippen molar-refractivity contribution >= 4 is 11.8 Å². The van der Waals surface area contributed by atoms with E-state index in [-0.39, 0.29) is 5.56 Å². The molecule has 0 aliphatic rings. The van der Waals surface area contributed by atoms with Gasteiger partial charge in [-0.25, -0.2) is 0 Å². The van der Waals surface area contributed by atoms with Gasteiger partial charge in [-0.3, -0.25) is 9.59 Å². The number of hydrogen-bond acceptors (Lipinski definition) is 2. The number of carbonyl (C=O) groups is 2. The molecule has 0 aliphatic carbocycles. The van der Waals surface area contributed by atoms with Gasteiger partial charge in [0, 0.05) is 5.56 Å². The monoisotopic (exact) mass is 358 g/mol. The van der Waals surface area contributed by atoms with E-state index in [4.69, 9.17) is 5.73 Å². The van der Waals surface area contributed by atoms with Crippen molar-refractivity contribution in [1.82, 2.24) is 5.32 Å². The molecule has 1 rings (SSSR count). The van der Waals surface area contributed by atoms with E-state index >= 15 is 0 Å². The highest BCUT2D eigenvalue weighted by Gasteiger charge is 2.30. The van der Waals surface area contributed by atoms with Gasteiger partial charge in [0.25, 0.3) is 5.91 Å². The minimum absolute atomic E-state index is 0.0576. The third kappa shape index (κ3) is 7.58. The minimum Gasteiger partial charge on any atom is -0.368 e. The second-order valence-electron chi connectivity index (χ2n) is 6.06. The number of halogens is 3. The zero-order chi connectivity index (χ0) is 18.9. The van der Waals surface area contributed by atoms with E-state index in [0.717, 1.165) is 56.4 Å². The van der Waals surface area contributed by atoms with Crippen LogP contribution in [0.3, 0.4) is 0 Å². The topological polar surface area (TPSA) is 72.2 Å². The van der Waals surface area contributed by atoms with Crippen LogP contribution in [-0.4, -0.2) is 17.9 Å². The van der Waals surface area contributed by atoms with Crippen LogP contribution in [0.5, 0.6) is 0 Å². The molecule has 140 valence electrons. The Morgan fingerprint density at radius 3 is 2.12 bits per heavy atom. The second kappa shape index (κ2) is 10.1. The Morgan fingerprint density at radius 1 is 1.04 bits per heavy atom. The fourth-order valence-electron chi connectivity index (χ4n) is 2.47. The van der Waals surface area contributed by atoms with Gasteiger partial charge in [-0.05, 0) is 30.7 Å². The first-order valence-corrected chi connectivity index (χ1v) is 8.53. The third-order valence-corrected chi connectivity index (χ3v) is 3.97. The molecule has 0 radical (unpaired) electrons. The normalized spacial score (nSPS) is 12.6. The number of nitrogens with two attached hydrogens (primary N) is 1. The molecule has 7 heteroatoms. The summed E-state index contributed by atoms with van der Waals surface area (Å²) in [6.45, 7) is 2.12. The van der Waals surface area contributed by atoms with Gasteiger partial charge in [-0.2, -0.15) is 13.2 Å². The molecule has 4 nitrogen and oxygen atoms in total. The van der Waals surface area contributed by atoms with Gasteiger partial charge in [0.1, 0.15) is 6.04 Å². The molecule has 0 spiro atoms. The predicted molar refractivity (Wildman–Crippen MR) is 89.9 cm³/mol. The van der Waals surface area contributed by atoms with Gasteiger partial charge in [0.2, 0.25) is 5.91 Å². The number of nitrogens with one attached hydrogen (secondary N) is 1. The van der Waals surface area contributed by atoms with E-state index < -0.39 is 29.6 Å². The lowest BCUT2D eigenvalue weighted by molar-refractivity contribution is -0.137. The smallest absolute Gasteiger partial charge is 0.368 e. The highest BCUT2D eigenvalue weighted by Crippen LogP contribution is 2.29. The molecule has 3 N–H and O–H groups in total. The molecule has 25 heavy (non-hydrogen) atoms. The molecule has 0 fully saturated rings. The van der Waals surface area contributed by atoms with Crippen molar-refractivity contribution < 1.29 is 22.8 Å². The van der Waals surface area contributed by atoms with Crippen molar-refractivity contribution in [2.75, 3.05) is 0 Å². The number of unbranched alkanes of at least 4 members (excludes halogenated alkanes) is 5. The molecule has 0 saturated heterocycles. The van der Waals surface area contributed by atoms with Crippen LogP contribution < -0.4 is 11.1 Å². The number of hydrogen-bond donors (Lipinski definition) is 2. The maximum absolute atomic E-state index is 12.5. The SMILES string of the molecule is CCCCCCCC[C@H](NC(=O)c1ccc(C(F)(F)F)cc1)C(N)=O. The van der Waals surface area contributed by atoms with E-state index in [1.165, 1.54) is 6.42 Å². The Labute approximate surface area is 146 Å². The average Bonchev–Trinajstić information content (AvgIpc) is 2.55. The summed E-state index contributed by atoms with van der Waals surface area (Å²) in [4.78, 5) is 23.6. The van der Waals surface area contributed by atoms with Gasteiger partial charge < -0.3 is 11.1 Å². The van der Waals surface area contributed by atoms with Crippen molar-refractivity contribution in [2.24, 2.45) is 5.73 Å². The van der Waals surface area contributed by atoms with Gasteiger partial charge >= 0.3 is 6.18 Å². The van der Waals surface area contributed by atoms with E-state index in [0.29, 0.717) is 6.42 Å². The Bertz CT molecular complexity index is 556. The number of alkyl halides is 3. The van der Waals surface area contributed by atoms with Crippen molar-refractivity contribution in [3.8, 4) is 0 Å². The maximum Gasteiger partial charge on any atom is 0.416 e. The third-order valence-electron chi connectivity index (χ3n) is 3.97. The van der Waals surface area contributed by atoms with E-state index in [1.54, 1.807) is 0 Å². The highest BCUT2D eigenvalue weighted by molar-refractivity contribution is 5.97. The van der Waals surface area contributed by atoms with Crippen LogP contribution in [0.1, 0.15) is 67.8 Å². The van der Waals surface area contributed by atoms with Crippen LogP contribution in [0, 0.1) is 0 Å². The van der Waals surface area contributed by atoms with Crippen LogP contribution in [0.25, 0.3) is 0 Å². The van der Waals surface area contributed by atoms with E-state index in [1.807, 2.05) is 0 Å². The lowest BCUT2D eigenvalue weighted by Gasteiger charge is -2.16. The average molecular weight is 358 g/mol. The maximum atomic E-state index is 12.5. The number of rotatable bonds is 10. The van der Waals surface area contributed by atoms with Gasteiger partial charge in [-0.1, -0.05) is 45.4 Å². The van der Waals surface area contributed by atoms with Crippen molar-refractivity contribution in [1.29, 1.82) is 0 Å². The Balaban J connectivity index is 2.54. The molecule has 0 unspecified atom stereocenters. The summed E-state index contributed by atoms with van der Waals surface area (Å²) in [5.41, 5.74) is 4.53. The summed E-state index contributed by atoms with van der Waals surface area (Å²) >= 11 is 0. The second-order valence-corrected chi connectivity index (χ2v) is 6.06. The van der Waals surface area contributed by atoms with E-state index in [9.17, 15) is 22.8 Å². The van der Waals surface area contributed by atoms with Crippen LogP contribution >= 0.6 is 0 Å². The summed E-state index contributed by atoms with van der Waals surface area (Å²) in [5, 5.41) is 2.50. The van der Waals surface area contributed by atoms with Crippen molar-refractivity contribution in [2.45, 2.75) is 64.1 Å². The Morgan fingerprint density at radius 2 is 1.60 bits per heavy atom. The number of primary amides is 1. The number of amides is 2. The zero-order valence-electron chi connectivity index (χ0n) is 14.4. The molecule has 1 aromatic carbocycles. The molecular weight excluding hydrogens is 333 g/mol. The molecule has 0 heterocycles. The number of benzene rings is 1. The van der Waals surface area contributed by atoms with Gasteiger partial charge in [0.15, 0.2) is 0 Å². The molecule has 0 aromatic heterocycles. The van der Waals surface area contributed by atoms with Crippen molar-refractivity contribution in [3.63, 3.8) is 0 Å². The molecular formula is C18H25F3N2O2. The molecule has 2 amide bonds. The highest BCUT2D eigenvalue weighted by atomic mass is 19.4. The molecule has 0 aliphatic heterocycles. The fraction of sp³-hybridized carbons (Fsp3) is 0.556. The quantitative estimate of drug-likeness (QED) is 0.620. The predicted octanol–water partition coefficient (Wildman–Crippen LogP) is 4.04. The van der Waals surface area contributed by atoms with Crippen LogP contribution in [0.2, 0.25) is 0 Å². The largest absolute Gasteiger partial charge is 0.416 e. The molecule has 1 aromatic rings. The first kappa shape index (κ1) is 21.0.